The van der Waals surface area contributed by atoms with Gasteiger partial charge in [0.2, 0.25) is 5.91 Å². The van der Waals surface area contributed by atoms with E-state index in [9.17, 15) is 4.79 Å². The van der Waals surface area contributed by atoms with Crippen molar-refractivity contribution in [2.45, 2.75) is 6.42 Å². The van der Waals surface area contributed by atoms with Crippen LogP contribution < -0.4 is 15.4 Å². The molecule has 1 saturated heterocycles. The maximum atomic E-state index is 11.7. The fourth-order valence-electron chi connectivity index (χ4n) is 1.90. The van der Waals surface area contributed by atoms with Crippen LogP contribution in [0.25, 0.3) is 0 Å². The molecule has 4 nitrogen and oxygen atoms in total. The molecule has 0 saturated carbocycles. The van der Waals surface area contributed by atoms with Crippen molar-refractivity contribution in [3.05, 3.63) is 29.3 Å². The molecule has 0 aliphatic carbocycles. The number of rotatable bonds is 5. The molecule has 1 aromatic rings. The van der Waals surface area contributed by atoms with Crippen LogP contribution in [0.4, 0.5) is 0 Å². The van der Waals surface area contributed by atoms with Crippen LogP contribution in [0, 0.1) is 5.92 Å². The summed E-state index contributed by atoms with van der Waals surface area (Å²) in [6.45, 7) is 2.70. The molecule has 0 bridgehead atoms. The van der Waals surface area contributed by atoms with E-state index in [1.807, 2.05) is 12.1 Å². The van der Waals surface area contributed by atoms with Crippen molar-refractivity contribution in [2.24, 2.45) is 5.92 Å². The van der Waals surface area contributed by atoms with E-state index in [4.69, 9.17) is 16.3 Å². The zero-order valence-electron chi connectivity index (χ0n) is 10.1. The summed E-state index contributed by atoms with van der Waals surface area (Å²) in [5, 5.41) is 6.73. The van der Waals surface area contributed by atoms with Crippen molar-refractivity contribution in [3.8, 4) is 5.75 Å². The third kappa shape index (κ3) is 3.89. The van der Waals surface area contributed by atoms with Crippen LogP contribution in [-0.4, -0.2) is 32.1 Å². The second kappa shape index (κ2) is 6.61. The number of halogens is 1. The van der Waals surface area contributed by atoms with Gasteiger partial charge in [-0.2, -0.15) is 0 Å². The number of hydrogen-bond donors (Lipinski definition) is 2. The fourth-order valence-corrected chi connectivity index (χ4v) is 2.02. The predicted molar refractivity (Wildman–Crippen MR) is 70.9 cm³/mol. The summed E-state index contributed by atoms with van der Waals surface area (Å²) in [6, 6.07) is 7.18. The lowest BCUT2D eigenvalue weighted by molar-refractivity contribution is -0.124. The maximum Gasteiger partial charge on any atom is 0.224 e. The molecule has 18 heavy (non-hydrogen) atoms. The number of nitrogens with one attached hydrogen (secondary N) is 2. The third-order valence-electron chi connectivity index (χ3n) is 2.91. The van der Waals surface area contributed by atoms with Gasteiger partial charge in [0.15, 0.2) is 0 Å². The molecule has 1 fully saturated rings. The van der Waals surface area contributed by atoms with E-state index < -0.39 is 0 Å². The molecule has 0 aromatic heterocycles. The van der Waals surface area contributed by atoms with Crippen LogP contribution in [-0.2, 0) is 4.79 Å². The molecule has 1 aromatic carbocycles. The van der Waals surface area contributed by atoms with E-state index in [2.05, 4.69) is 10.6 Å². The Morgan fingerprint density at radius 2 is 2.22 bits per heavy atom. The van der Waals surface area contributed by atoms with Gasteiger partial charge in [-0.25, -0.2) is 0 Å². The molecule has 5 heteroatoms. The number of benzene rings is 1. The highest BCUT2D eigenvalue weighted by Crippen LogP contribution is 2.15. The van der Waals surface area contributed by atoms with Crippen molar-refractivity contribution in [1.82, 2.24) is 10.6 Å². The molecule has 98 valence electrons. The number of carbonyl (C=O) groups excluding carboxylic acids is 1. The molecule has 1 amide bonds. The normalized spacial score (nSPS) is 18.6. The Labute approximate surface area is 112 Å². The highest BCUT2D eigenvalue weighted by atomic mass is 35.5. The van der Waals surface area contributed by atoms with Gasteiger partial charge in [-0.05, 0) is 37.2 Å². The first kappa shape index (κ1) is 13.2. The Morgan fingerprint density at radius 3 is 2.89 bits per heavy atom. The van der Waals surface area contributed by atoms with Gasteiger partial charge in [0.1, 0.15) is 12.4 Å². The standard InChI is InChI=1S/C13H17ClN2O2/c14-11-1-3-12(4-2-11)18-8-7-16-13(17)10-5-6-15-9-10/h1-4,10,15H,5-9H2,(H,16,17). The summed E-state index contributed by atoms with van der Waals surface area (Å²) in [6.07, 6.45) is 0.921. The van der Waals surface area contributed by atoms with Crippen molar-refractivity contribution in [3.63, 3.8) is 0 Å². The quantitative estimate of drug-likeness (QED) is 0.795. The van der Waals surface area contributed by atoms with Crippen LogP contribution >= 0.6 is 11.6 Å². The largest absolute Gasteiger partial charge is 0.492 e. The van der Waals surface area contributed by atoms with Crippen molar-refractivity contribution < 1.29 is 9.53 Å². The Morgan fingerprint density at radius 1 is 1.44 bits per heavy atom. The molecular weight excluding hydrogens is 252 g/mol. The third-order valence-corrected chi connectivity index (χ3v) is 3.17. The molecule has 0 spiro atoms. The molecule has 1 heterocycles. The van der Waals surface area contributed by atoms with Gasteiger partial charge in [0, 0.05) is 11.6 Å². The minimum absolute atomic E-state index is 0.111. The van der Waals surface area contributed by atoms with E-state index in [0.29, 0.717) is 18.2 Å². The van der Waals surface area contributed by atoms with Gasteiger partial charge >= 0.3 is 0 Å². The van der Waals surface area contributed by atoms with Gasteiger partial charge < -0.3 is 15.4 Å². The fraction of sp³-hybridized carbons (Fsp3) is 0.462. The molecule has 1 atom stereocenters. The first-order chi connectivity index (χ1) is 8.75. The Hall–Kier alpha value is -1.26. The summed E-state index contributed by atoms with van der Waals surface area (Å²) >= 11 is 5.77. The maximum absolute atomic E-state index is 11.7. The predicted octanol–water partition coefficient (Wildman–Crippen LogP) is 1.44. The van der Waals surface area contributed by atoms with Crippen LogP contribution in [0.3, 0.4) is 0 Å². The van der Waals surface area contributed by atoms with Crippen molar-refractivity contribution in [1.29, 1.82) is 0 Å². The van der Waals surface area contributed by atoms with Crippen LogP contribution in [0.15, 0.2) is 24.3 Å². The van der Waals surface area contributed by atoms with Crippen molar-refractivity contribution >= 4 is 17.5 Å². The molecule has 1 aliphatic rings. The smallest absolute Gasteiger partial charge is 0.224 e. The highest BCUT2D eigenvalue weighted by molar-refractivity contribution is 6.30. The molecule has 0 radical (unpaired) electrons. The van der Waals surface area contributed by atoms with E-state index >= 15 is 0 Å². The molecular formula is C13H17ClN2O2. The molecule has 1 aliphatic heterocycles. The number of amides is 1. The summed E-state index contributed by atoms with van der Waals surface area (Å²) < 4.78 is 5.49. The number of carbonyl (C=O) groups is 1. The van der Waals surface area contributed by atoms with Crippen molar-refractivity contribution in [2.75, 3.05) is 26.2 Å². The number of hydrogen-bond acceptors (Lipinski definition) is 3. The summed E-state index contributed by atoms with van der Waals surface area (Å²) in [5.74, 6) is 0.983. The lowest BCUT2D eigenvalue weighted by Crippen LogP contribution is -2.34. The first-order valence-corrected chi connectivity index (χ1v) is 6.50. The van der Waals surface area contributed by atoms with Gasteiger partial charge in [-0.1, -0.05) is 11.6 Å². The zero-order chi connectivity index (χ0) is 12.8. The van der Waals surface area contributed by atoms with Crippen LogP contribution in [0.1, 0.15) is 6.42 Å². The SMILES string of the molecule is O=C(NCCOc1ccc(Cl)cc1)C1CCNC1. The van der Waals surface area contributed by atoms with Gasteiger partial charge in [-0.15, -0.1) is 0 Å². The highest BCUT2D eigenvalue weighted by Gasteiger charge is 2.21. The van der Waals surface area contributed by atoms with E-state index in [1.165, 1.54) is 0 Å². The topological polar surface area (TPSA) is 50.4 Å². The Kier molecular flexibility index (Phi) is 4.84. The average Bonchev–Trinajstić information content (AvgIpc) is 2.90. The van der Waals surface area contributed by atoms with Gasteiger partial charge in [0.05, 0.1) is 12.5 Å². The monoisotopic (exact) mass is 268 g/mol. The average molecular weight is 269 g/mol. The van der Waals surface area contributed by atoms with E-state index in [1.54, 1.807) is 12.1 Å². The summed E-state index contributed by atoms with van der Waals surface area (Å²) in [7, 11) is 0. The zero-order valence-corrected chi connectivity index (χ0v) is 10.9. The molecule has 1 unspecified atom stereocenters. The Balaban J connectivity index is 1.63. The van der Waals surface area contributed by atoms with E-state index in [0.717, 1.165) is 25.3 Å². The molecule has 2 N–H and O–H groups in total. The summed E-state index contributed by atoms with van der Waals surface area (Å²) in [4.78, 5) is 11.7. The minimum Gasteiger partial charge on any atom is -0.492 e. The molecule has 2 rings (SSSR count). The van der Waals surface area contributed by atoms with Crippen LogP contribution in [0.5, 0.6) is 5.75 Å². The lowest BCUT2D eigenvalue weighted by atomic mass is 10.1. The second-order valence-corrected chi connectivity index (χ2v) is 4.72. The second-order valence-electron chi connectivity index (χ2n) is 4.28. The Bertz CT molecular complexity index is 388. The number of ether oxygens (including phenoxy) is 1. The minimum atomic E-state index is 0.111. The lowest BCUT2D eigenvalue weighted by Gasteiger charge is -2.10. The van der Waals surface area contributed by atoms with Gasteiger partial charge in [0.25, 0.3) is 0 Å². The summed E-state index contributed by atoms with van der Waals surface area (Å²) in [5.41, 5.74) is 0. The first-order valence-electron chi connectivity index (χ1n) is 6.12. The van der Waals surface area contributed by atoms with Gasteiger partial charge in [-0.3, -0.25) is 4.79 Å². The van der Waals surface area contributed by atoms with Crippen LogP contribution in [0.2, 0.25) is 5.02 Å². The van der Waals surface area contributed by atoms with E-state index in [-0.39, 0.29) is 11.8 Å².